The molecule has 0 bridgehead atoms. The zero-order chi connectivity index (χ0) is 18.0. The number of carbonyl (C=O) groups excluding carboxylic acids is 1. The number of methoxy groups -OCH3 is 1. The molecule has 0 spiro atoms. The lowest BCUT2D eigenvalue weighted by molar-refractivity contribution is 0.0526. The van der Waals surface area contributed by atoms with E-state index in [-0.39, 0.29) is 6.61 Å². The molecule has 0 unspecified atom stereocenters. The Bertz CT molecular complexity index is 939. The highest BCUT2D eigenvalue weighted by Gasteiger charge is 2.23. The number of halogens is 1. The summed E-state index contributed by atoms with van der Waals surface area (Å²) in [6, 6.07) is 5.22. The van der Waals surface area contributed by atoms with Gasteiger partial charge in [0, 0.05) is 5.69 Å². The molecule has 0 atom stereocenters. The molecular weight excluding hydrogens is 346 g/mol. The third kappa shape index (κ3) is 3.23. The third-order valence-electron chi connectivity index (χ3n) is 3.56. The molecule has 7 nitrogen and oxygen atoms in total. The molecule has 0 aliphatic rings. The maximum Gasteiger partial charge on any atom is 0.342 e. The Hall–Kier alpha value is -2.80. The van der Waals surface area contributed by atoms with Gasteiger partial charge in [-0.3, -0.25) is 0 Å². The minimum absolute atomic E-state index is 0.259. The highest BCUT2D eigenvalue weighted by molar-refractivity contribution is 6.32. The van der Waals surface area contributed by atoms with E-state index in [1.807, 2.05) is 0 Å². The van der Waals surface area contributed by atoms with Gasteiger partial charge in [-0.2, -0.15) is 0 Å². The standard InChI is InChI=1S/C17H16ClN3O4/c1-4-24-17(22)13-9(2)25-16-14(13)15(19-8-20-16)21-10-5-6-12(23-3)11(18)7-10/h5-8H,4H2,1-3H3,(H,19,20,21). The molecule has 1 aromatic carbocycles. The molecule has 2 aromatic heterocycles. The van der Waals surface area contributed by atoms with E-state index in [0.29, 0.717) is 44.7 Å². The second-order valence-electron chi connectivity index (χ2n) is 5.13. The molecule has 3 rings (SSSR count). The summed E-state index contributed by atoms with van der Waals surface area (Å²) < 4.78 is 15.8. The predicted molar refractivity (Wildman–Crippen MR) is 93.8 cm³/mol. The molecule has 0 radical (unpaired) electrons. The number of aryl methyl sites for hydroxylation is 1. The summed E-state index contributed by atoms with van der Waals surface area (Å²) in [5, 5.41) is 4.04. The van der Waals surface area contributed by atoms with E-state index in [4.69, 9.17) is 25.5 Å². The van der Waals surface area contributed by atoms with E-state index in [1.165, 1.54) is 6.33 Å². The first-order valence-corrected chi connectivity index (χ1v) is 7.94. The third-order valence-corrected chi connectivity index (χ3v) is 3.85. The Morgan fingerprint density at radius 1 is 1.36 bits per heavy atom. The van der Waals surface area contributed by atoms with Crippen LogP contribution < -0.4 is 10.1 Å². The predicted octanol–water partition coefficient (Wildman–Crippen LogP) is 4.11. The first-order valence-electron chi connectivity index (χ1n) is 7.57. The largest absolute Gasteiger partial charge is 0.495 e. The Labute approximate surface area is 148 Å². The van der Waals surface area contributed by atoms with Crippen LogP contribution in [0.15, 0.2) is 28.9 Å². The average Bonchev–Trinajstić information content (AvgIpc) is 2.92. The molecule has 0 aliphatic heterocycles. The van der Waals surface area contributed by atoms with Crippen LogP contribution in [-0.2, 0) is 4.74 Å². The molecule has 0 fully saturated rings. The zero-order valence-corrected chi connectivity index (χ0v) is 14.7. The fourth-order valence-corrected chi connectivity index (χ4v) is 2.73. The zero-order valence-electron chi connectivity index (χ0n) is 13.9. The van der Waals surface area contributed by atoms with Gasteiger partial charge in [-0.1, -0.05) is 11.6 Å². The number of esters is 1. The number of hydrogen-bond acceptors (Lipinski definition) is 7. The molecular formula is C17H16ClN3O4. The summed E-state index contributed by atoms with van der Waals surface area (Å²) in [4.78, 5) is 20.6. The minimum Gasteiger partial charge on any atom is -0.495 e. The minimum atomic E-state index is -0.482. The first kappa shape index (κ1) is 17.0. The lowest BCUT2D eigenvalue weighted by Crippen LogP contribution is -2.06. The van der Waals surface area contributed by atoms with Gasteiger partial charge in [0.25, 0.3) is 0 Å². The number of rotatable bonds is 5. The summed E-state index contributed by atoms with van der Waals surface area (Å²) in [7, 11) is 1.54. The van der Waals surface area contributed by atoms with Crippen LogP contribution >= 0.6 is 11.6 Å². The number of furan rings is 1. The topological polar surface area (TPSA) is 86.5 Å². The first-order chi connectivity index (χ1) is 12.0. The average molecular weight is 362 g/mol. The molecule has 0 aliphatic carbocycles. The number of anilines is 2. The Morgan fingerprint density at radius 2 is 2.16 bits per heavy atom. The molecule has 25 heavy (non-hydrogen) atoms. The molecule has 0 saturated carbocycles. The van der Waals surface area contributed by atoms with E-state index in [1.54, 1.807) is 39.2 Å². The lowest BCUT2D eigenvalue weighted by atomic mass is 10.2. The van der Waals surface area contributed by atoms with Gasteiger partial charge < -0.3 is 19.2 Å². The fraction of sp³-hybridized carbons (Fsp3) is 0.235. The van der Waals surface area contributed by atoms with E-state index >= 15 is 0 Å². The van der Waals surface area contributed by atoms with Crippen molar-refractivity contribution in [2.45, 2.75) is 13.8 Å². The number of ether oxygens (including phenoxy) is 2. The quantitative estimate of drug-likeness (QED) is 0.684. The molecule has 2 heterocycles. The van der Waals surface area contributed by atoms with Gasteiger partial charge in [-0.15, -0.1) is 0 Å². The van der Waals surface area contributed by atoms with Crippen molar-refractivity contribution in [2.24, 2.45) is 0 Å². The Morgan fingerprint density at radius 3 is 2.84 bits per heavy atom. The van der Waals surface area contributed by atoms with Crippen LogP contribution in [0.3, 0.4) is 0 Å². The van der Waals surface area contributed by atoms with Crippen molar-refractivity contribution in [3.63, 3.8) is 0 Å². The summed E-state index contributed by atoms with van der Waals surface area (Å²) in [5.74, 6) is 0.923. The van der Waals surface area contributed by atoms with Crippen molar-refractivity contribution in [3.8, 4) is 5.75 Å². The van der Waals surface area contributed by atoms with Gasteiger partial charge in [-0.05, 0) is 32.0 Å². The summed E-state index contributed by atoms with van der Waals surface area (Å²) in [6.45, 7) is 3.68. The van der Waals surface area contributed by atoms with Crippen LogP contribution in [-0.4, -0.2) is 29.7 Å². The number of aromatic nitrogens is 2. The van der Waals surface area contributed by atoms with Gasteiger partial charge in [0.05, 0.1) is 24.1 Å². The Balaban J connectivity index is 2.07. The number of nitrogens with one attached hydrogen (secondary N) is 1. The van der Waals surface area contributed by atoms with Crippen LogP contribution in [0.2, 0.25) is 5.02 Å². The van der Waals surface area contributed by atoms with Crippen molar-refractivity contribution in [3.05, 3.63) is 40.9 Å². The number of hydrogen-bond donors (Lipinski definition) is 1. The van der Waals surface area contributed by atoms with Crippen LogP contribution in [0.4, 0.5) is 11.5 Å². The van der Waals surface area contributed by atoms with Crippen molar-refractivity contribution in [1.82, 2.24) is 9.97 Å². The van der Waals surface area contributed by atoms with Gasteiger partial charge in [0.2, 0.25) is 5.71 Å². The second kappa shape index (κ2) is 6.98. The highest BCUT2D eigenvalue weighted by Crippen LogP contribution is 2.33. The number of fused-ring (bicyclic) bond motifs is 1. The van der Waals surface area contributed by atoms with E-state index in [0.717, 1.165) is 0 Å². The summed E-state index contributed by atoms with van der Waals surface area (Å²) in [5.41, 5.74) is 1.29. The molecule has 0 amide bonds. The van der Waals surface area contributed by atoms with Crippen molar-refractivity contribution in [1.29, 1.82) is 0 Å². The van der Waals surface area contributed by atoms with Crippen LogP contribution in [0.5, 0.6) is 5.75 Å². The SMILES string of the molecule is CCOC(=O)c1c(C)oc2ncnc(Nc3ccc(OC)c(Cl)c3)c12. The highest BCUT2D eigenvalue weighted by atomic mass is 35.5. The van der Waals surface area contributed by atoms with E-state index in [2.05, 4.69) is 15.3 Å². The fourth-order valence-electron chi connectivity index (χ4n) is 2.47. The van der Waals surface area contributed by atoms with Crippen molar-refractivity contribution < 1.29 is 18.7 Å². The van der Waals surface area contributed by atoms with E-state index < -0.39 is 5.97 Å². The van der Waals surface area contributed by atoms with E-state index in [9.17, 15) is 4.79 Å². The summed E-state index contributed by atoms with van der Waals surface area (Å²) in [6.07, 6.45) is 1.35. The monoisotopic (exact) mass is 361 g/mol. The van der Waals surface area contributed by atoms with Gasteiger partial charge >= 0.3 is 5.97 Å². The number of benzene rings is 1. The van der Waals surface area contributed by atoms with Crippen molar-refractivity contribution in [2.75, 3.05) is 19.0 Å². The maximum atomic E-state index is 12.3. The van der Waals surface area contributed by atoms with Crippen LogP contribution in [0, 0.1) is 6.92 Å². The number of nitrogens with zero attached hydrogens (tertiary/aromatic N) is 2. The summed E-state index contributed by atoms with van der Waals surface area (Å²) >= 11 is 6.15. The molecule has 0 saturated heterocycles. The van der Waals surface area contributed by atoms with Gasteiger partial charge in [-0.25, -0.2) is 14.8 Å². The maximum absolute atomic E-state index is 12.3. The second-order valence-corrected chi connectivity index (χ2v) is 5.54. The van der Waals surface area contributed by atoms with Crippen LogP contribution in [0.25, 0.3) is 11.1 Å². The molecule has 8 heteroatoms. The molecule has 1 N–H and O–H groups in total. The normalized spacial score (nSPS) is 10.7. The number of carbonyl (C=O) groups is 1. The smallest absolute Gasteiger partial charge is 0.342 e. The van der Waals surface area contributed by atoms with Crippen LogP contribution in [0.1, 0.15) is 23.0 Å². The molecule has 3 aromatic rings. The Kier molecular flexibility index (Phi) is 4.76. The van der Waals surface area contributed by atoms with Gasteiger partial charge in [0.15, 0.2) is 0 Å². The molecule has 130 valence electrons. The van der Waals surface area contributed by atoms with Gasteiger partial charge in [0.1, 0.15) is 29.2 Å². The lowest BCUT2D eigenvalue weighted by Gasteiger charge is -2.09. The van der Waals surface area contributed by atoms with Crippen molar-refractivity contribution >= 4 is 40.2 Å².